The molecule has 2 atom stereocenters. The molecule has 5 heteroatoms. The van der Waals surface area contributed by atoms with Gasteiger partial charge < -0.3 is 14.8 Å². The Hall–Kier alpha value is -1.43. The van der Waals surface area contributed by atoms with E-state index in [0.717, 1.165) is 17.9 Å². The molecule has 0 aliphatic carbocycles. The van der Waals surface area contributed by atoms with Crippen molar-refractivity contribution in [1.29, 1.82) is 0 Å². The molecular weight excluding hydrogens is 320 g/mol. The molecule has 0 radical (unpaired) electrons. The van der Waals surface area contributed by atoms with E-state index in [9.17, 15) is 0 Å². The van der Waals surface area contributed by atoms with Gasteiger partial charge in [0, 0.05) is 36.2 Å². The van der Waals surface area contributed by atoms with Crippen molar-refractivity contribution < 1.29 is 9.47 Å². The van der Waals surface area contributed by atoms with Crippen LogP contribution in [0, 0.1) is 0 Å². The van der Waals surface area contributed by atoms with Gasteiger partial charge in [-0.1, -0.05) is 32.9 Å². The van der Waals surface area contributed by atoms with Gasteiger partial charge in [-0.15, -0.1) is 11.3 Å². The SMILES string of the molecule is COc1ccc(C(OC)C(C)NCc2cnc(C(C)(C)C)s2)cc1. The van der Waals surface area contributed by atoms with E-state index >= 15 is 0 Å². The molecule has 132 valence electrons. The van der Waals surface area contributed by atoms with Crippen LogP contribution in [0.4, 0.5) is 0 Å². The van der Waals surface area contributed by atoms with Gasteiger partial charge in [0.25, 0.3) is 0 Å². The zero-order valence-corrected chi connectivity index (χ0v) is 16.2. The first-order valence-corrected chi connectivity index (χ1v) is 9.02. The molecule has 0 bridgehead atoms. The Balaban J connectivity index is 1.98. The van der Waals surface area contributed by atoms with Crippen LogP contribution in [0.15, 0.2) is 30.5 Å². The number of aromatic nitrogens is 1. The summed E-state index contributed by atoms with van der Waals surface area (Å²) in [6, 6.07) is 8.22. The maximum atomic E-state index is 5.70. The van der Waals surface area contributed by atoms with Crippen molar-refractivity contribution in [2.24, 2.45) is 0 Å². The minimum atomic E-state index is -0.00841. The third-order valence-corrected chi connectivity index (χ3v) is 5.37. The minimum Gasteiger partial charge on any atom is -0.497 e. The van der Waals surface area contributed by atoms with Crippen LogP contribution >= 0.6 is 11.3 Å². The second-order valence-electron chi connectivity index (χ2n) is 6.98. The van der Waals surface area contributed by atoms with Crippen LogP contribution < -0.4 is 10.1 Å². The highest BCUT2D eigenvalue weighted by Gasteiger charge is 2.20. The first-order chi connectivity index (χ1) is 11.3. The highest BCUT2D eigenvalue weighted by molar-refractivity contribution is 7.11. The number of ether oxygens (including phenoxy) is 2. The Morgan fingerprint density at radius 3 is 2.33 bits per heavy atom. The molecule has 0 spiro atoms. The molecule has 1 heterocycles. The lowest BCUT2D eigenvalue weighted by molar-refractivity contribution is 0.0730. The van der Waals surface area contributed by atoms with Gasteiger partial charge in [-0.25, -0.2) is 4.98 Å². The molecule has 1 N–H and O–H groups in total. The highest BCUT2D eigenvalue weighted by atomic mass is 32.1. The second kappa shape index (κ2) is 8.10. The lowest BCUT2D eigenvalue weighted by atomic mass is 9.98. The van der Waals surface area contributed by atoms with Crippen LogP contribution in [0.25, 0.3) is 0 Å². The van der Waals surface area contributed by atoms with Crippen LogP contribution in [-0.4, -0.2) is 25.2 Å². The number of hydrogen-bond acceptors (Lipinski definition) is 5. The number of methoxy groups -OCH3 is 2. The Morgan fingerprint density at radius 2 is 1.83 bits per heavy atom. The fourth-order valence-electron chi connectivity index (χ4n) is 2.53. The van der Waals surface area contributed by atoms with Crippen LogP contribution in [0.3, 0.4) is 0 Å². The molecule has 24 heavy (non-hydrogen) atoms. The predicted octanol–water partition coefficient (Wildman–Crippen LogP) is 4.32. The molecule has 2 rings (SSSR count). The number of thiazole rings is 1. The van der Waals surface area contributed by atoms with Crippen molar-refractivity contribution in [2.75, 3.05) is 14.2 Å². The Labute approximate surface area is 149 Å². The molecule has 0 amide bonds. The van der Waals surface area contributed by atoms with Crippen LogP contribution in [0.2, 0.25) is 0 Å². The predicted molar refractivity (Wildman–Crippen MR) is 99.9 cm³/mol. The lowest BCUT2D eigenvalue weighted by Gasteiger charge is -2.24. The van der Waals surface area contributed by atoms with E-state index in [-0.39, 0.29) is 17.6 Å². The first-order valence-electron chi connectivity index (χ1n) is 8.20. The van der Waals surface area contributed by atoms with Crippen LogP contribution in [0.1, 0.15) is 49.2 Å². The van der Waals surface area contributed by atoms with Gasteiger partial charge in [-0.05, 0) is 24.6 Å². The number of nitrogens with one attached hydrogen (secondary N) is 1. The molecule has 0 fully saturated rings. The van der Waals surface area contributed by atoms with E-state index in [1.807, 2.05) is 18.3 Å². The largest absolute Gasteiger partial charge is 0.497 e. The summed E-state index contributed by atoms with van der Waals surface area (Å²) in [5.74, 6) is 0.855. The summed E-state index contributed by atoms with van der Waals surface area (Å²) in [5, 5.41) is 4.73. The molecule has 4 nitrogen and oxygen atoms in total. The quantitative estimate of drug-likeness (QED) is 0.809. The Kier molecular flexibility index (Phi) is 6.38. The summed E-state index contributed by atoms with van der Waals surface area (Å²) >= 11 is 1.77. The van der Waals surface area contributed by atoms with Gasteiger partial charge in [-0.3, -0.25) is 0 Å². The van der Waals surface area contributed by atoms with E-state index in [0.29, 0.717) is 0 Å². The normalized spacial score (nSPS) is 14.4. The molecule has 0 saturated carbocycles. The van der Waals surface area contributed by atoms with Gasteiger partial charge in [0.2, 0.25) is 0 Å². The van der Waals surface area contributed by atoms with Gasteiger partial charge in [0.15, 0.2) is 0 Å². The molecule has 2 unspecified atom stereocenters. The fourth-order valence-corrected chi connectivity index (χ4v) is 3.45. The summed E-state index contributed by atoms with van der Waals surface area (Å²) in [5.41, 5.74) is 1.24. The van der Waals surface area contributed by atoms with Crippen molar-refractivity contribution in [3.05, 3.63) is 45.9 Å². The van der Waals surface area contributed by atoms with Gasteiger partial charge in [0.05, 0.1) is 18.2 Å². The first kappa shape index (κ1) is 18.9. The molecule has 1 aromatic heterocycles. The highest BCUT2D eigenvalue weighted by Crippen LogP contribution is 2.27. The van der Waals surface area contributed by atoms with E-state index in [1.54, 1.807) is 25.6 Å². The van der Waals surface area contributed by atoms with Crippen molar-refractivity contribution in [3.8, 4) is 5.75 Å². The average molecular weight is 349 g/mol. The molecule has 0 saturated heterocycles. The van der Waals surface area contributed by atoms with Crippen LogP contribution in [0.5, 0.6) is 5.75 Å². The molecule has 0 aliphatic heterocycles. The molecule has 0 aliphatic rings. The van der Waals surface area contributed by atoms with E-state index < -0.39 is 0 Å². The Morgan fingerprint density at radius 1 is 1.17 bits per heavy atom. The third-order valence-electron chi connectivity index (χ3n) is 3.95. The van der Waals surface area contributed by atoms with E-state index in [1.165, 1.54) is 9.88 Å². The number of hydrogen-bond donors (Lipinski definition) is 1. The van der Waals surface area contributed by atoms with Crippen molar-refractivity contribution in [1.82, 2.24) is 10.3 Å². The maximum Gasteiger partial charge on any atom is 0.118 e. The number of benzene rings is 1. The maximum absolute atomic E-state index is 5.70. The summed E-state index contributed by atoms with van der Waals surface area (Å²) in [7, 11) is 3.42. The van der Waals surface area contributed by atoms with Crippen molar-refractivity contribution in [3.63, 3.8) is 0 Å². The van der Waals surface area contributed by atoms with Gasteiger partial charge >= 0.3 is 0 Å². The van der Waals surface area contributed by atoms with E-state index in [2.05, 4.69) is 50.1 Å². The zero-order valence-electron chi connectivity index (χ0n) is 15.4. The van der Waals surface area contributed by atoms with E-state index in [4.69, 9.17) is 9.47 Å². The number of nitrogens with zero attached hydrogens (tertiary/aromatic N) is 1. The molecule has 1 aromatic carbocycles. The Bertz CT molecular complexity index is 632. The molecular formula is C19H28N2O2S. The van der Waals surface area contributed by atoms with Gasteiger partial charge in [-0.2, -0.15) is 0 Å². The standard InChI is InChI=1S/C19H28N2O2S/c1-13(17(23-6)14-7-9-15(22-5)10-8-14)20-11-16-12-21-18(24-16)19(2,3)4/h7-10,12-13,17,20H,11H2,1-6H3. The van der Waals surface area contributed by atoms with Gasteiger partial charge in [0.1, 0.15) is 5.75 Å². The molecule has 2 aromatic rings. The summed E-state index contributed by atoms with van der Waals surface area (Å²) in [6.07, 6.45) is 1.96. The van der Waals surface area contributed by atoms with Crippen molar-refractivity contribution >= 4 is 11.3 Å². The summed E-state index contributed by atoms with van der Waals surface area (Å²) in [4.78, 5) is 5.79. The average Bonchev–Trinajstić information content (AvgIpc) is 3.03. The fraction of sp³-hybridized carbons (Fsp3) is 0.526. The summed E-state index contributed by atoms with van der Waals surface area (Å²) in [6.45, 7) is 9.51. The lowest BCUT2D eigenvalue weighted by Crippen LogP contribution is -2.32. The minimum absolute atomic E-state index is 0.00841. The van der Waals surface area contributed by atoms with Crippen molar-refractivity contribution in [2.45, 2.75) is 51.8 Å². The van der Waals surface area contributed by atoms with Crippen LogP contribution in [-0.2, 0) is 16.7 Å². The summed E-state index contributed by atoms with van der Waals surface area (Å²) < 4.78 is 10.9. The smallest absolute Gasteiger partial charge is 0.118 e. The topological polar surface area (TPSA) is 43.4 Å². The second-order valence-corrected chi connectivity index (χ2v) is 8.10. The zero-order chi connectivity index (χ0) is 17.7. The number of rotatable bonds is 7. The third kappa shape index (κ3) is 4.79. The monoisotopic (exact) mass is 348 g/mol.